The smallest absolute Gasteiger partial charge is 0.144 e. The molecule has 0 spiro atoms. The Labute approximate surface area is 135 Å². The minimum atomic E-state index is -0.0205. The zero-order valence-corrected chi connectivity index (χ0v) is 13.3. The fourth-order valence-electron chi connectivity index (χ4n) is 2.13. The Morgan fingerprint density at radius 2 is 2.04 bits per heavy atom. The first-order valence-electron chi connectivity index (χ1n) is 7.35. The van der Waals surface area contributed by atoms with Crippen LogP contribution >= 0.6 is 0 Å². The lowest BCUT2D eigenvalue weighted by atomic mass is 10.1. The van der Waals surface area contributed by atoms with Crippen molar-refractivity contribution in [1.29, 1.82) is 5.41 Å². The lowest BCUT2D eigenvalue weighted by Gasteiger charge is -2.23. The fraction of sp³-hybridized carbons (Fsp3) is 0.235. The van der Waals surface area contributed by atoms with Crippen molar-refractivity contribution >= 4 is 23.7 Å². The van der Waals surface area contributed by atoms with E-state index in [1.165, 1.54) is 6.34 Å². The molecule has 2 rings (SSSR count). The van der Waals surface area contributed by atoms with Gasteiger partial charge in [0, 0.05) is 17.9 Å². The lowest BCUT2D eigenvalue weighted by molar-refractivity contribution is 0.282. The van der Waals surface area contributed by atoms with Gasteiger partial charge >= 0.3 is 0 Å². The molecule has 0 aliphatic carbocycles. The van der Waals surface area contributed by atoms with E-state index < -0.39 is 0 Å². The molecule has 0 fully saturated rings. The van der Waals surface area contributed by atoms with E-state index in [-0.39, 0.29) is 12.6 Å². The summed E-state index contributed by atoms with van der Waals surface area (Å²) in [6.07, 6.45) is 2.82. The summed E-state index contributed by atoms with van der Waals surface area (Å²) in [6, 6.07) is 10.9. The van der Waals surface area contributed by atoms with Gasteiger partial charge in [0.25, 0.3) is 0 Å². The van der Waals surface area contributed by atoms with E-state index >= 15 is 0 Å². The molecular weight excluding hydrogens is 290 g/mol. The van der Waals surface area contributed by atoms with Crippen LogP contribution in [0.1, 0.15) is 25.0 Å². The van der Waals surface area contributed by atoms with Crippen molar-refractivity contribution in [2.45, 2.75) is 26.5 Å². The van der Waals surface area contributed by atoms with Gasteiger partial charge in [0.05, 0.1) is 18.5 Å². The Morgan fingerprint density at radius 3 is 2.57 bits per heavy atom. The zero-order chi connectivity index (χ0) is 16.8. The average Bonchev–Trinajstić information content (AvgIpc) is 2.55. The number of hydrogen-bond donors (Lipinski definition) is 3. The molecule has 1 aromatic heterocycles. The van der Waals surface area contributed by atoms with Gasteiger partial charge in [-0.15, -0.1) is 0 Å². The van der Waals surface area contributed by atoms with Crippen LogP contribution in [-0.2, 0) is 6.61 Å². The van der Waals surface area contributed by atoms with Crippen molar-refractivity contribution in [3.05, 3.63) is 53.7 Å². The second kappa shape index (κ2) is 7.51. The first kappa shape index (κ1) is 16.6. The highest BCUT2D eigenvalue weighted by Crippen LogP contribution is 2.20. The molecule has 0 atom stereocenters. The van der Waals surface area contributed by atoms with E-state index in [2.05, 4.69) is 9.98 Å². The van der Waals surface area contributed by atoms with Crippen LogP contribution in [0.2, 0.25) is 0 Å². The van der Waals surface area contributed by atoms with Gasteiger partial charge in [0.15, 0.2) is 0 Å². The maximum absolute atomic E-state index is 9.16. The van der Waals surface area contributed by atoms with Crippen LogP contribution < -0.4 is 10.6 Å². The number of nitrogens with one attached hydrogen (secondary N) is 1. The van der Waals surface area contributed by atoms with Gasteiger partial charge in [0.1, 0.15) is 11.7 Å². The van der Waals surface area contributed by atoms with Gasteiger partial charge in [0.2, 0.25) is 0 Å². The van der Waals surface area contributed by atoms with Crippen LogP contribution in [0.15, 0.2) is 47.6 Å². The first-order chi connectivity index (χ1) is 11.1. The quantitative estimate of drug-likeness (QED) is 0.583. The third kappa shape index (κ3) is 3.92. The van der Waals surface area contributed by atoms with Crippen molar-refractivity contribution in [3.8, 4) is 0 Å². The van der Waals surface area contributed by atoms with Crippen LogP contribution in [0.5, 0.6) is 0 Å². The molecule has 0 aliphatic heterocycles. The molecule has 2 aromatic rings. The molecule has 0 radical (unpaired) electrons. The Balaban J connectivity index is 2.52. The molecule has 1 heterocycles. The Hall–Kier alpha value is -2.73. The first-order valence-corrected chi connectivity index (χ1v) is 7.35. The molecule has 4 N–H and O–H groups in total. The number of benzene rings is 1. The number of rotatable bonds is 5. The largest absolute Gasteiger partial charge is 0.392 e. The molecule has 6 nitrogen and oxygen atoms in total. The number of nitrogens with zero attached hydrogens (tertiary/aromatic N) is 3. The molecular formula is C17H21N5O. The molecule has 0 bridgehead atoms. The molecule has 0 saturated heterocycles. The molecule has 6 heteroatoms. The van der Waals surface area contributed by atoms with Gasteiger partial charge in [-0.2, -0.15) is 0 Å². The summed E-state index contributed by atoms with van der Waals surface area (Å²) < 4.78 is 0. The third-order valence-corrected chi connectivity index (χ3v) is 3.21. The van der Waals surface area contributed by atoms with E-state index in [9.17, 15) is 0 Å². The average molecular weight is 311 g/mol. The minimum Gasteiger partial charge on any atom is -0.392 e. The van der Waals surface area contributed by atoms with Crippen LogP contribution in [0, 0.1) is 5.41 Å². The van der Waals surface area contributed by atoms with Crippen molar-refractivity contribution < 1.29 is 5.11 Å². The van der Waals surface area contributed by atoms with Crippen LogP contribution in [0.4, 0.5) is 11.5 Å². The Morgan fingerprint density at radius 1 is 1.35 bits per heavy atom. The van der Waals surface area contributed by atoms with Crippen LogP contribution in [0.3, 0.4) is 0 Å². The highest BCUT2D eigenvalue weighted by atomic mass is 16.3. The zero-order valence-electron chi connectivity index (χ0n) is 13.3. The number of pyridine rings is 1. The number of aliphatic hydroxyl groups excluding tert-OH is 1. The number of aromatic nitrogens is 1. The summed E-state index contributed by atoms with van der Waals surface area (Å²) in [5.41, 5.74) is 8.23. The van der Waals surface area contributed by atoms with Crippen molar-refractivity contribution in [3.63, 3.8) is 0 Å². The number of aliphatic hydroxyl groups is 1. The molecule has 0 aliphatic rings. The van der Waals surface area contributed by atoms with Crippen LogP contribution in [-0.4, -0.2) is 28.3 Å². The maximum Gasteiger partial charge on any atom is 0.144 e. The minimum absolute atomic E-state index is 0.0205. The highest BCUT2D eigenvalue weighted by molar-refractivity contribution is 6.20. The number of anilines is 2. The van der Waals surface area contributed by atoms with Crippen molar-refractivity contribution in [2.24, 2.45) is 4.99 Å². The second-order valence-electron chi connectivity index (χ2n) is 5.31. The summed E-state index contributed by atoms with van der Waals surface area (Å²) >= 11 is 0. The Kier molecular flexibility index (Phi) is 5.43. The number of amidine groups is 1. The molecule has 0 amide bonds. The maximum atomic E-state index is 9.16. The van der Waals surface area contributed by atoms with E-state index in [4.69, 9.17) is 16.2 Å². The highest BCUT2D eigenvalue weighted by Gasteiger charge is 2.17. The second-order valence-corrected chi connectivity index (χ2v) is 5.31. The number of nitrogens with two attached hydrogens (primary N) is 1. The predicted molar refractivity (Wildman–Crippen MR) is 93.9 cm³/mol. The number of hydrogen-bond acceptors (Lipinski definition) is 5. The molecule has 1 aromatic carbocycles. The van der Waals surface area contributed by atoms with E-state index in [0.717, 1.165) is 11.3 Å². The predicted octanol–water partition coefficient (Wildman–Crippen LogP) is 2.42. The van der Waals surface area contributed by atoms with Crippen molar-refractivity contribution in [2.75, 3.05) is 10.6 Å². The van der Waals surface area contributed by atoms with E-state index in [0.29, 0.717) is 17.2 Å². The summed E-state index contributed by atoms with van der Waals surface area (Å²) in [7, 11) is 0. The molecule has 0 saturated carbocycles. The topological polar surface area (TPSA) is 98.6 Å². The lowest BCUT2D eigenvalue weighted by Crippen LogP contribution is -2.32. The van der Waals surface area contributed by atoms with Crippen molar-refractivity contribution in [1.82, 2.24) is 4.98 Å². The SMILES string of the molecule is CC(C)N=C(c1cccnc1N)N(C=N)c1ccc(CO)cc1. The van der Waals surface area contributed by atoms with Gasteiger partial charge in [-0.25, -0.2) is 4.98 Å². The van der Waals surface area contributed by atoms with Gasteiger partial charge in [-0.3, -0.25) is 15.3 Å². The summed E-state index contributed by atoms with van der Waals surface area (Å²) in [4.78, 5) is 10.4. The summed E-state index contributed by atoms with van der Waals surface area (Å²) in [5, 5.41) is 17.0. The number of aliphatic imine (C=N–C) groups is 1. The fourth-order valence-corrected chi connectivity index (χ4v) is 2.13. The normalized spacial score (nSPS) is 11.6. The van der Waals surface area contributed by atoms with Gasteiger partial charge in [-0.05, 0) is 43.7 Å². The summed E-state index contributed by atoms with van der Waals surface area (Å²) in [6.45, 7) is 3.90. The van der Waals surface area contributed by atoms with Gasteiger partial charge in [-0.1, -0.05) is 12.1 Å². The molecule has 120 valence electrons. The molecule has 0 unspecified atom stereocenters. The van der Waals surface area contributed by atoms with E-state index in [1.807, 2.05) is 44.2 Å². The van der Waals surface area contributed by atoms with Gasteiger partial charge < -0.3 is 10.8 Å². The number of nitrogen functional groups attached to an aromatic ring is 1. The molecule has 23 heavy (non-hydrogen) atoms. The van der Waals surface area contributed by atoms with E-state index in [1.54, 1.807) is 17.2 Å². The monoisotopic (exact) mass is 311 g/mol. The Bertz CT molecular complexity index is 694. The van der Waals surface area contributed by atoms with Crippen LogP contribution in [0.25, 0.3) is 0 Å². The third-order valence-electron chi connectivity index (χ3n) is 3.21. The standard InChI is InChI=1S/C17H21N5O/c1-12(2)21-17(15-4-3-9-20-16(15)19)22(11-18)14-7-5-13(10-23)6-8-14/h3-9,11-12,18,23H,10H2,1-2H3,(H2,19,20). The summed E-state index contributed by atoms with van der Waals surface area (Å²) in [5.74, 6) is 0.933.